The summed E-state index contributed by atoms with van der Waals surface area (Å²) >= 11 is 0. The monoisotopic (exact) mass is 635 g/mol. The molecule has 1 amide bonds. The van der Waals surface area contributed by atoms with E-state index in [0.29, 0.717) is 6.54 Å². The number of piperazine rings is 1. The van der Waals surface area contributed by atoms with E-state index >= 15 is 0 Å². The predicted molar refractivity (Wildman–Crippen MR) is 179 cm³/mol. The Labute approximate surface area is 275 Å². The summed E-state index contributed by atoms with van der Waals surface area (Å²) in [5.74, 6) is 0.772. The van der Waals surface area contributed by atoms with Gasteiger partial charge in [0.1, 0.15) is 6.61 Å². The Morgan fingerprint density at radius 3 is 2.40 bits per heavy atom. The van der Waals surface area contributed by atoms with Crippen LogP contribution in [0.1, 0.15) is 41.1 Å². The van der Waals surface area contributed by atoms with Crippen molar-refractivity contribution in [1.29, 1.82) is 0 Å². The molecule has 0 radical (unpaired) electrons. The number of nitrogens with one attached hydrogen (secondary N) is 1. The highest BCUT2D eigenvalue weighted by molar-refractivity contribution is 5.68. The zero-order valence-corrected chi connectivity index (χ0v) is 26.4. The lowest BCUT2D eigenvalue weighted by Crippen LogP contribution is -2.50. The zero-order valence-electron chi connectivity index (χ0n) is 26.4. The maximum absolute atomic E-state index is 11.9. The Bertz CT molecular complexity index is 1610. The number of aliphatic hydroxyl groups is 1. The number of hydrogen-bond acceptors (Lipinski definition) is 9. The summed E-state index contributed by atoms with van der Waals surface area (Å²) in [4.78, 5) is 25.4. The van der Waals surface area contributed by atoms with Crippen molar-refractivity contribution in [2.24, 2.45) is 0 Å². The summed E-state index contributed by atoms with van der Waals surface area (Å²) in [5, 5.41) is 12.3. The van der Waals surface area contributed by atoms with Crippen LogP contribution in [0.15, 0.2) is 104 Å². The van der Waals surface area contributed by atoms with Gasteiger partial charge in [-0.1, -0.05) is 73.3 Å². The molecule has 4 aromatic rings. The van der Waals surface area contributed by atoms with Crippen molar-refractivity contribution in [1.82, 2.24) is 20.2 Å². The topological polar surface area (TPSA) is 109 Å². The number of aromatic nitrogens is 2. The molecule has 47 heavy (non-hydrogen) atoms. The van der Waals surface area contributed by atoms with Gasteiger partial charge in [-0.05, 0) is 46.0 Å². The predicted octanol–water partition coefficient (Wildman–Crippen LogP) is 5.42. The second kappa shape index (κ2) is 15.8. The van der Waals surface area contributed by atoms with E-state index in [1.54, 1.807) is 12.4 Å². The lowest BCUT2D eigenvalue weighted by atomic mass is 9.98. The standard InChI is InChI=1S/C37H41N5O5/c1-2-20-45-37(44)40-24-28-6-3-7-30(21-28)31-8-4-9-32(22-31)35-46-33(23-34(47-35)29-12-10-27(26-43)11-13-29)25-41-16-18-42(19-17-41)36-38-14-5-15-39-36/h2-15,21-22,33-35,43H,1,16-20,23-26H2,(H,40,44). The number of amides is 1. The van der Waals surface area contributed by atoms with E-state index in [1.807, 2.05) is 54.6 Å². The Morgan fingerprint density at radius 1 is 0.915 bits per heavy atom. The summed E-state index contributed by atoms with van der Waals surface area (Å²) in [6.07, 6.45) is 4.58. The normalized spacial score (nSPS) is 20.0. The number of rotatable bonds is 11. The highest BCUT2D eigenvalue weighted by Crippen LogP contribution is 2.39. The second-order valence-electron chi connectivity index (χ2n) is 11.8. The number of alkyl carbamates (subject to hydrolysis) is 1. The Kier molecular flexibility index (Phi) is 10.9. The van der Waals surface area contributed by atoms with Crippen molar-refractivity contribution >= 4 is 12.0 Å². The van der Waals surface area contributed by atoms with Crippen LogP contribution in [0.3, 0.4) is 0 Å². The highest BCUT2D eigenvalue weighted by atomic mass is 16.7. The third-order valence-electron chi connectivity index (χ3n) is 8.47. The number of ether oxygens (including phenoxy) is 3. The molecule has 0 saturated carbocycles. The molecule has 3 aromatic carbocycles. The van der Waals surface area contributed by atoms with E-state index in [0.717, 1.165) is 78.5 Å². The number of carbonyl (C=O) groups excluding carboxylic acids is 1. The molecular formula is C37H41N5O5. The van der Waals surface area contributed by atoms with Crippen LogP contribution in [-0.2, 0) is 27.4 Å². The average molecular weight is 636 g/mol. The number of benzene rings is 3. The van der Waals surface area contributed by atoms with Gasteiger partial charge in [0, 0.05) is 63.6 Å². The largest absolute Gasteiger partial charge is 0.445 e. The first kappa shape index (κ1) is 32.3. The summed E-state index contributed by atoms with van der Waals surface area (Å²) in [7, 11) is 0. The maximum atomic E-state index is 11.9. The minimum atomic E-state index is -0.556. The lowest BCUT2D eigenvalue weighted by molar-refractivity contribution is -0.253. The smallest absolute Gasteiger partial charge is 0.407 e. The van der Waals surface area contributed by atoms with Crippen molar-refractivity contribution < 1.29 is 24.1 Å². The molecule has 6 rings (SSSR count). The van der Waals surface area contributed by atoms with Gasteiger partial charge in [-0.25, -0.2) is 14.8 Å². The summed E-state index contributed by atoms with van der Waals surface area (Å²) in [6.45, 7) is 8.38. The van der Waals surface area contributed by atoms with Crippen LogP contribution in [0, 0.1) is 0 Å². The number of aliphatic hydroxyl groups excluding tert-OH is 1. The van der Waals surface area contributed by atoms with Crippen molar-refractivity contribution in [2.45, 2.75) is 38.1 Å². The molecule has 2 aliphatic rings. The van der Waals surface area contributed by atoms with Gasteiger partial charge in [0.15, 0.2) is 6.29 Å². The minimum absolute atomic E-state index is 0.00359. The Morgan fingerprint density at radius 2 is 1.66 bits per heavy atom. The molecule has 0 spiro atoms. The SMILES string of the molecule is C=CCOC(=O)NCc1cccc(-c2cccc(C3OC(CN4CCN(c5ncccn5)CC4)CC(c4ccc(CO)cc4)O3)c2)c1. The Balaban J connectivity index is 1.17. The molecule has 244 valence electrons. The first-order valence-corrected chi connectivity index (χ1v) is 16.0. The summed E-state index contributed by atoms with van der Waals surface area (Å²) < 4.78 is 18.4. The molecular weight excluding hydrogens is 594 g/mol. The van der Waals surface area contributed by atoms with Crippen LogP contribution in [0.5, 0.6) is 0 Å². The van der Waals surface area contributed by atoms with Crippen molar-refractivity contribution in [2.75, 3.05) is 44.2 Å². The third-order valence-corrected chi connectivity index (χ3v) is 8.47. The van der Waals surface area contributed by atoms with Crippen molar-refractivity contribution in [3.8, 4) is 11.1 Å². The molecule has 3 unspecified atom stereocenters. The molecule has 2 N–H and O–H groups in total. The summed E-state index contributed by atoms with van der Waals surface area (Å²) in [6, 6.07) is 26.1. The van der Waals surface area contributed by atoms with Crippen LogP contribution in [0.4, 0.5) is 10.7 Å². The third kappa shape index (κ3) is 8.60. The van der Waals surface area contributed by atoms with Gasteiger partial charge < -0.3 is 29.5 Å². The Hall–Kier alpha value is -4.61. The van der Waals surface area contributed by atoms with Crippen molar-refractivity contribution in [3.63, 3.8) is 0 Å². The van der Waals surface area contributed by atoms with Gasteiger partial charge in [0.05, 0.1) is 18.8 Å². The average Bonchev–Trinajstić information content (AvgIpc) is 3.14. The summed E-state index contributed by atoms with van der Waals surface area (Å²) in [5.41, 5.74) is 5.87. The van der Waals surface area contributed by atoms with E-state index in [1.165, 1.54) is 6.08 Å². The molecule has 0 bridgehead atoms. The van der Waals surface area contributed by atoms with E-state index in [-0.39, 0.29) is 25.4 Å². The quantitative estimate of drug-likeness (QED) is 0.209. The van der Waals surface area contributed by atoms with Gasteiger partial charge in [0.25, 0.3) is 0 Å². The van der Waals surface area contributed by atoms with Crippen molar-refractivity contribution in [3.05, 3.63) is 126 Å². The molecule has 10 heteroatoms. The number of carbonyl (C=O) groups is 1. The van der Waals surface area contributed by atoms with Gasteiger partial charge in [0.2, 0.25) is 5.95 Å². The highest BCUT2D eigenvalue weighted by Gasteiger charge is 2.34. The van der Waals surface area contributed by atoms with E-state index in [9.17, 15) is 9.90 Å². The van der Waals surface area contributed by atoms with Crippen LogP contribution < -0.4 is 10.2 Å². The van der Waals surface area contributed by atoms with Crippen LogP contribution in [-0.4, -0.2) is 71.5 Å². The molecule has 1 aromatic heterocycles. The van der Waals surface area contributed by atoms with E-state index < -0.39 is 12.4 Å². The van der Waals surface area contributed by atoms with Crippen LogP contribution in [0.2, 0.25) is 0 Å². The van der Waals surface area contributed by atoms with Gasteiger partial charge in [-0.3, -0.25) is 4.90 Å². The molecule has 3 heterocycles. The molecule has 2 saturated heterocycles. The number of hydrogen-bond donors (Lipinski definition) is 2. The minimum Gasteiger partial charge on any atom is -0.445 e. The fraction of sp³-hybridized carbons (Fsp3) is 0.324. The fourth-order valence-electron chi connectivity index (χ4n) is 5.99. The fourth-order valence-corrected chi connectivity index (χ4v) is 5.99. The second-order valence-corrected chi connectivity index (χ2v) is 11.8. The van der Waals surface area contributed by atoms with Crippen LogP contribution >= 0.6 is 0 Å². The van der Waals surface area contributed by atoms with E-state index in [2.05, 4.69) is 55.9 Å². The maximum Gasteiger partial charge on any atom is 0.407 e. The van der Waals surface area contributed by atoms with Gasteiger partial charge in [-0.15, -0.1) is 0 Å². The zero-order chi connectivity index (χ0) is 32.4. The molecule has 0 aliphatic carbocycles. The molecule has 3 atom stereocenters. The van der Waals surface area contributed by atoms with Gasteiger partial charge >= 0.3 is 6.09 Å². The van der Waals surface area contributed by atoms with Gasteiger partial charge in [-0.2, -0.15) is 0 Å². The molecule has 2 fully saturated rings. The first-order chi connectivity index (χ1) is 23.1. The lowest BCUT2D eigenvalue weighted by Gasteiger charge is -2.40. The van der Waals surface area contributed by atoms with E-state index in [4.69, 9.17) is 14.2 Å². The molecule has 10 nitrogen and oxygen atoms in total. The number of anilines is 1. The molecule has 2 aliphatic heterocycles. The van der Waals surface area contributed by atoms with Crippen LogP contribution in [0.25, 0.3) is 11.1 Å². The first-order valence-electron chi connectivity index (χ1n) is 16.0. The number of nitrogens with zero attached hydrogens (tertiary/aromatic N) is 4.